The molecule has 34 heavy (non-hydrogen) atoms. The Morgan fingerprint density at radius 1 is 1.00 bits per heavy atom. The summed E-state index contributed by atoms with van der Waals surface area (Å²) in [7, 11) is 0. The molecule has 1 atom stereocenters. The lowest BCUT2D eigenvalue weighted by Crippen LogP contribution is -2.40. The van der Waals surface area contributed by atoms with Crippen LogP contribution in [0.2, 0.25) is 0 Å². The van der Waals surface area contributed by atoms with Crippen molar-refractivity contribution in [1.82, 2.24) is 4.90 Å². The fourth-order valence-corrected chi connectivity index (χ4v) is 4.96. The molecule has 2 fully saturated rings. The number of aliphatic hydroxyl groups excluding tert-OH is 1. The Hall–Kier alpha value is -3.15. The van der Waals surface area contributed by atoms with E-state index in [4.69, 9.17) is 4.74 Å². The highest BCUT2D eigenvalue weighted by Gasteiger charge is 2.48. The molecule has 2 aromatic rings. The van der Waals surface area contributed by atoms with Gasteiger partial charge in [0.2, 0.25) is 0 Å². The van der Waals surface area contributed by atoms with E-state index in [1.807, 2.05) is 0 Å². The van der Waals surface area contributed by atoms with Gasteiger partial charge in [-0.1, -0.05) is 51.2 Å². The number of ether oxygens (including phenoxy) is 1. The molecule has 1 amide bonds. The van der Waals surface area contributed by atoms with Gasteiger partial charge >= 0.3 is 0 Å². The summed E-state index contributed by atoms with van der Waals surface area (Å²) < 4.78 is 19.4. The molecule has 1 saturated carbocycles. The van der Waals surface area contributed by atoms with E-state index in [0.717, 1.165) is 51.4 Å². The molecule has 1 aliphatic carbocycles. The van der Waals surface area contributed by atoms with E-state index in [-0.39, 0.29) is 17.4 Å². The van der Waals surface area contributed by atoms with E-state index in [9.17, 15) is 19.1 Å². The fourth-order valence-electron chi connectivity index (χ4n) is 4.96. The number of likely N-dealkylation sites (tertiary alicyclic amines) is 1. The first-order chi connectivity index (χ1) is 16.5. The first-order valence-corrected chi connectivity index (χ1v) is 12.3. The van der Waals surface area contributed by atoms with Crippen LogP contribution in [0, 0.1) is 5.82 Å². The third-order valence-electron chi connectivity index (χ3n) is 6.78. The Bertz CT molecular complexity index is 1040. The number of aliphatic hydroxyl groups is 1. The van der Waals surface area contributed by atoms with Gasteiger partial charge in [0, 0.05) is 11.6 Å². The van der Waals surface area contributed by atoms with Crippen LogP contribution in [0.5, 0.6) is 5.75 Å². The lowest BCUT2D eigenvalue weighted by molar-refractivity contribution is -0.141. The van der Waals surface area contributed by atoms with Crippen molar-refractivity contribution in [1.29, 1.82) is 0 Å². The molecule has 1 unspecified atom stereocenters. The number of Topliss-reactive ketones (excluding diaryl/α,β-unsaturated/α-hetero) is 1. The first kappa shape index (κ1) is 24.0. The summed E-state index contributed by atoms with van der Waals surface area (Å²) in [5, 5.41) is 11.2. The predicted molar refractivity (Wildman–Crippen MR) is 129 cm³/mol. The van der Waals surface area contributed by atoms with Crippen molar-refractivity contribution in [2.24, 2.45) is 0 Å². The van der Waals surface area contributed by atoms with Gasteiger partial charge in [-0.15, -0.1) is 0 Å². The molecule has 1 N–H and O–H groups in total. The normalized spacial score (nSPS) is 20.6. The highest BCUT2D eigenvalue weighted by molar-refractivity contribution is 6.46. The van der Waals surface area contributed by atoms with Crippen molar-refractivity contribution in [3.05, 3.63) is 71.0 Å². The molecule has 1 saturated heterocycles. The summed E-state index contributed by atoms with van der Waals surface area (Å²) in [5.41, 5.74) is 1.11. The third kappa shape index (κ3) is 5.01. The van der Waals surface area contributed by atoms with Crippen LogP contribution in [-0.2, 0) is 9.59 Å². The topological polar surface area (TPSA) is 66.8 Å². The number of amides is 1. The number of hydrogen-bond donors (Lipinski definition) is 1. The smallest absolute Gasteiger partial charge is 0.295 e. The van der Waals surface area contributed by atoms with Gasteiger partial charge in [0.15, 0.2) is 0 Å². The van der Waals surface area contributed by atoms with E-state index in [2.05, 4.69) is 6.92 Å². The number of halogens is 1. The third-order valence-corrected chi connectivity index (χ3v) is 6.78. The van der Waals surface area contributed by atoms with E-state index < -0.39 is 23.5 Å². The Morgan fingerprint density at radius 2 is 1.68 bits per heavy atom. The van der Waals surface area contributed by atoms with Gasteiger partial charge in [0.05, 0.1) is 18.2 Å². The first-order valence-electron chi connectivity index (χ1n) is 12.3. The van der Waals surface area contributed by atoms with Crippen LogP contribution in [0.3, 0.4) is 0 Å². The zero-order valence-corrected chi connectivity index (χ0v) is 19.6. The summed E-state index contributed by atoms with van der Waals surface area (Å²) in [6, 6.07) is 11.9. The van der Waals surface area contributed by atoms with Crippen molar-refractivity contribution in [3.63, 3.8) is 0 Å². The molecule has 4 rings (SSSR count). The number of carbonyl (C=O) groups is 2. The summed E-state index contributed by atoms with van der Waals surface area (Å²) in [6.07, 6.45) is 7.90. The van der Waals surface area contributed by atoms with Gasteiger partial charge in [-0.2, -0.15) is 0 Å². The Morgan fingerprint density at radius 3 is 2.32 bits per heavy atom. The van der Waals surface area contributed by atoms with Gasteiger partial charge < -0.3 is 14.7 Å². The van der Waals surface area contributed by atoms with Gasteiger partial charge in [-0.25, -0.2) is 4.39 Å². The van der Waals surface area contributed by atoms with Crippen molar-refractivity contribution < 1.29 is 23.8 Å². The van der Waals surface area contributed by atoms with E-state index in [1.54, 1.807) is 41.3 Å². The molecule has 0 bridgehead atoms. The summed E-state index contributed by atoms with van der Waals surface area (Å²) in [6.45, 7) is 2.75. The highest BCUT2D eigenvalue weighted by atomic mass is 19.1. The lowest BCUT2D eigenvalue weighted by Gasteiger charge is -2.35. The monoisotopic (exact) mass is 465 g/mol. The fraction of sp³-hybridized carbons (Fsp3) is 0.429. The minimum atomic E-state index is -0.742. The second-order valence-corrected chi connectivity index (χ2v) is 9.13. The number of carbonyl (C=O) groups excluding carboxylic acids is 2. The minimum Gasteiger partial charge on any atom is -0.507 e. The van der Waals surface area contributed by atoms with Crippen LogP contribution < -0.4 is 4.74 Å². The second-order valence-electron chi connectivity index (χ2n) is 9.13. The van der Waals surface area contributed by atoms with Crippen molar-refractivity contribution in [2.75, 3.05) is 6.61 Å². The van der Waals surface area contributed by atoms with Crippen molar-refractivity contribution in [2.45, 2.75) is 70.4 Å². The number of unbranched alkanes of at least 4 members (excludes halogenated alkanes) is 2. The van der Waals surface area contributed by atoms with E-state index in [1.165, 1.54) is 12.1 Å². The van der Waals surface area contributed by atoms with Gasteiger partial charge in [-0.05, 0) is 61.2 Å². The molecule has 0 radical (unpaired) electrons. The van der Waals surface area contributed by atoms with Gasteiger partial charge in [-0.3, -0.25) is 9.59 Å². The number of benzene rings is 2. The molecule has 0 spiro atoms. The predicted octanol–water partition coefficient (Wildman–Crippen LogP) is 6.15. The van der Waals surface area contributed by atoms with E-state index >= 15 is 0 Å². The summed E-state index contributed by atoms with van der Waals surface area (Å²) >= 11 is 0. The number of nitrogens with zero attached hydrogens (tertiary/aromatic N) is 1. The molecule has 5 nitrogen and oxygen atoms in total. The Labute approximate surface area is 200 Å². The lowest BCUT2D eigenvalue weighted by atomic mass is 9.91. The van der Waals surface area contributed by atoms with Gasteiger partial charge in [0.25, 0.3) is 11.7 Å². The van der Waals surface area contributed by atoms with E-state index in [0.29, 0.717) is 23.5 Å². The maximum Gasteiger partial charge on any atom is 0.295 e. The highest BCUT2D eigenvalue weighted by Crippen LogP contribution is 2.43. The molecular formula is C28H32FNO4. The van der Waals surface area contributed by atoms with Crippen molar-refractivity contribution in [3.8, 4) is 5.75 Å². The zero-order chi connectivity index (χ0) is 24.1. The molecule has 180 valence electrons. The Kier molecular flexibility index (Phi) is 7.66. The average molecular weight is 466 g/mol. The summed E-state index contributed by atoms with van der Waals surface area (Å²) in [4.78, 5) is 28.0. The largest absolute Gasteiger partial charge is 0.507 e. The van der Waals surface area contributed by atoms with Crippen LogP contribution >= 0.6 is 0 Å². The number of ketones is 1. The number of rotatable bonds is 8. The van der Waals surface area contributed by atoms with Crippen LogP contribution in [0.1, 0.15) is 75.5 Å². The summed E-state index contributed by atoms with van der Waals surface area (Å²) in [5.74, 6) is -1.22. The maximum atomic E-state index is 13.6. The average Bonchev–Trinajstić information content (AvgIpc) is 3.13. The van der Waals surface area contributed by atoms with Crippen LogP contribution in [0.15, 0.2) is 54.1 Å². The zero-order valence-electron chi connectivity index (χ0n) is 19.6. The van der Waals surface area contributed by atoms with Crippen molar-refractivity contribution >= 4 is 17.4 Å². The van der Waals surface area contributed by atoms with Crippen LogP contribution in [0.25, 0.3) is 5.76 Å². The molecule has 0 aromatic heterocycles. The standard InChI is InChI=1S/C28H32FNO4/c1-2-3-7-18-34-23-16-12-20(13-17-23)26(31)24-25(19-10-14-21(29)15-11-19)30(28(33)27(24)32)22-8-5-4-6-9-22/h10-17,22,25,31H,2-9,18H2,1H3/b26-24-. The Balaban J connectivity index is 1.69. The quantitative estimate of drug-likeness (QED) is 0.220. The molecule has 1 heterocycles. The number of hydrogen-bond acceptors (Lipinski definition) is 4. The van der Waals surface area contributed by atoms with Crippen LogP contribution in [0.4, 0.5) is 4.39 Å². The second kappa shape index (κ2) is 10.9. The molecule has 1 aliphatic heterocycles. The molecular weight excluding hydrogens is 433 g/mol. The minimum absolute atomic E-state index is 0.0544. The van der Waals surface area contributed by atoms with Gasteiger partial charge in [0.1, 0.15) is 17.3 Å². The molecule has 2 aliphatic rings. The molecule has 2 aromatic carbocycles. The van der Waals surface area contributed by atoms with Crippen LogP contribution in [-0.4, -0.2) is 34.3 Å². The SMILES string of the molecule is CCCCCOc1ccc(/C(O)=C2/C(=O)C(=O)N(C3CCCCC3)C2c2ccc(F)cc2)cc1. The molecule has 6 heteroatoms. The maximum absolute atomic E-state index is 13.6.